The SMILES string of the molecule is Cc1ccc(-c2csc3c(=O)[nH]c(N4CCC[C@@H](C(=O)NCC(C)C)C4)nc23)cc1. The third-order valence-electron chi connectivity index (χ3n) is 5.55. The van der Waals surface area contributed by atoms with Crippen LogP contribution in [0.3, 0.4) is 0 Å². The Morgan fingerprint density at radius 2 is 2.10 bits per heavy atom. The van der Waals surface area contributed by atoms with Crippen LogP contribution in [0.15, 0.2) is 34.4 Å². The molecule has 0 saturated carbocycles. The van der Waals surface area contributed by atoms with E-state index in [1.54, 1.807) is 0 Å². The van der Waals surface area contributed by atoms with Crippen molar-refractivity contribution in [2.75, 3.05) is 24.5 Å². The van der Waals surface area contributed by atoms with Gasteiger partial charge in [-0.15, -0.1) is 11.3 Å². The van der Waals surface area contributed by atoms with E-state index in [1.165, 1.54) is 16.9 Å². The molecule has 7 heteroatoms. The summed E-state index contributed by atoms with van der Waals surface area (Å²) in [5.41, 5.74) is 3.84. The highest BCUT2D eigenvalue weighted by atomic mass is 32.1. The van der Waals surface area contributed by atoms with Crippen molar-refractivity contribution in [1.29, 1.82) is 0 Å². The molecule has 30 heavy (non-hydrogen) atoms. The van der Waals surface area contributed by atoms with E-state index in [0.29, 0.717) is 29.7 Å². The number of thiophene rings is 1. The van der Waals surface area contributed by atoms with Crippen LogP contribution in [-0.2, 0) is 4.79 Å². The Hall–Kier alpha value is -2.67. The lowest BCUT2D eigenvalue weighted by Gasteiger charge is -2.32. The molecule has 0 spiro atoms. The zero-order valence-corrected chi connectivity index (χ0v) is 18.5. The number of H-pyrrole nitrogens is 1. The monoisotopic (exact) mass is 424 g/mol. The normalized spacial score (nSPS) is 16.9. The van der Waals surface area contributed by atoms with Crippen LogP contribution >= 0.6 is 11.3 Å². The molecule has 2 N–H and O–H groups in total. The molecule has 0 unspecified atom stereocenters. The molecule has 1 aliphatic heterocycles. The Balaban J connectivity index is 1.62. The van der Waals surface area contributed by atoms with Gasteiger partial charge in [0.15, 0.2) is 0 Å². The fourth-order valence-corrected chi connectivity index (χ4v) is 4.74. The van der Waals surface area contributed by atoms with Gasteiger partial charge in [0.25, 0.3) is 5.56 Å². The molecule has 3 aromatic rings. The van der Waals surface area contributed by atoms with Gasteiger partial charge >= 0.3 is 0 Å². The predicted molar refractivity (Wildman–Crippen MR) is 123 cm³/mol. The summed E-state index contributed by atoms with van der Waals surface area (Å²) in [4.78, 5) is 35.1. The topological polar surface area (TPSA) is 78.1 Å². The fraction of sp³-hybridized carbons (Fsp3) is 0.435. The number of amides is 1. The Morgan fingerprint density at radius 3 is 2.83 bits per heavy atom. The highest BCUT2D eigenvalue weighted by molar-refractivity contribution is 7.17. The number of fused-ring (bicyclic) bond motifs is 1. The van der Waals surface area contributed by atoms with E-state index in [4.69, 9.17) is 4.98 Å². The van der Waals surface area contributed by atoms with Crippen molar-refractivity contribution in [3.05, 3.63) is 45.6 Å². The Bertz CT molecular complexity index is 1100. The van der Waals surface area contributed by atoms with Gasteiger partial charge in [0.2, 0.25) is 11.9 Å². The number of aromatic amines is 1. The van der Waals surface area contributed by atoms with Gasteiger partial charge in [0, 0.05) is 30.6 Å². The summed E-state index contributed by atoms with van der Waals surface area (Å²) in [6.07, 6.45) is 1.76. The zero-order valence-electron chi connectivity index (χ0n) is 17.7. The van der Waals surface area contributed by atoms with Gasteiger partial charge < -0.3 is 10.2 Å². The summed E-state index contributed by atoms with van der Waals surface area (Å²) in [6, 6.07) is 8.26. The number of piperidine rings is 1. The van der Waals surface area contributed by atoms with Gasteiger partial charge in [-0.3, -0.25) is 14.6 Å². The Morgan fingerprint density at radius 1 is 1.33 bits per heavy atom. The number of anilines is 1. The van der Waals surface area contributed by atoms with Crippen molar-refractivity contribution in [2.45, 2.75) is 33.6 Å². The molecule has 6 nitrogen and oxygen atoms in total. The van der Waals surface area contributed by atoms with Crippen LogP contribution in [0.1, 0.15) is 32.3 Å². The zero-order chi connectivity index (χ0) is 21.3. The molecular formula is C23H28N4O2S. The average Bonchev–Trinajstić information content (AvgIpc) is 3.17. The molecule has 1 amide bonds. The molecule has 1 aliphatic rings. The van der Waals surface area contributed by atoms with Crippen LogP contribution < -0.4 is 15.8 Å². The molecule has 0 bridgehead atoms. The van der Waals surface area contributed by atoms with E-state index >= 15 is 0 Å². The number of nitrogens with zero attached hydrogens (tertiary/aromatic N) is 2. The van der Waals surface area contributed by atoms with Crippen LogP contribution in [0, 0.1) is 18.8 Å². The van der Waals surface area contributed by atoms with E-state index in [0.717, 1.165) is 36.0 Å². The molecule has 0 radical (unpaired) electrons. The van der Waals surface area contributed by atoms with Gasteiger partial charge in [-0.05, 0) is 31.2 Å². The third kappa shape index (κ3) is 4.26. The minimum atomic E-state index is -0.121. The number of carbonyl (C=O) groups excluding carboxylic acids is 1. The fourth-order valence-electron chi connectivity index (χ4n) is 3.84. The summed E-state index contributed by atoms with van der Waals surface area (Å²) >= 11 is 1.42. The van der Waals surface area contributed by atoms with E-state index < -0.39 is 0 Å². The molecule has 1 saturated heterocycles. The largest absolute Gasteiger partial charge is 0.356 e. The molecule has 4 rings (SSSR count). The third-order valence-corrected chi connectivity index (χ3v) is 6.52. The van der Waals surface area contributed by atoms with Gasteiger partial charge in [-0.2, -0.15) is 0 Å². The quantitative estimate of drug-likeness (QED) is 0.650. The lowest BCUT2D eigenvalue weighted by atomic mass is 9.97. The molecule has 3 heterocycles. The van der Waals surface area contributed by atoms with Gasteiger partial charge in [0.05, 0.1) is 11.4 Å². The summed E-state index contributed by atoms with van der Waals surface area (Å²) in [5.74, 6) is 0.985. The van der Waals surface area contributed by atoms with Crippen LogP contribution in [-0.4, -0.2) is 35.5 Å². The Kier molecular flexibility index (Phi) is 5.90. The average molecular weight is 425 g/mol. The standard InChI is InChI=1S/C23H28N4O2S/c1-14(2)11-24-21(28)17-5-4-10-27(12-17)23-25-19-18(13-30-20(19)22(29)26-23)16-8-6-15(3)7-9-16/h6-9,13-14,17H,4-5,10-12H2,1-3H3,(H,24,28)(H,25,26,29)/t17-/m1/s1. The first-order valence-electron chi connectivity index (χ1n) is 10.5. The van der Waals surface area contributed by atoms with Crippen molar-refractivity contribution >= 4 is 33.4 Å². The summed E-state index contributed by atoms with van der Waals surface area (Å²) < 4.78 is 0.637. The highest BCUT2D eigenvalue weighted by Crippen LogP contribution is 2.32. The second-order valence-electron chi connectivity index (χ2n) is 8.51. The van der Waals surface area contributed by atoms with Crippen LogP contribution in [0.25, 0.3) is 21.3 Å². The number of benzene rings is 1. The molecule has 2 aromatic heterocycles. The predicted octanol–water partition coefficient (Wildman–Crippen LogP) is 3.95. The molecule has 0 aliphatic carbocycles. The molecule has 1 aromatic carbocycles. The lowest BCUT2D eigenvalue weighted by molar-refractivity contribution is -0.125. The first-order valence-corrected chi connectivity index (χ1v) is 11.4. The summed E-state index contributed by atoms with van der Waals surface area (Å²) in [6.45, 7) is 8.27. The maximum absolute atomic E-state index is 12.7. The van der Waals surface area contributed by atoms with Gasteiger partial charge in [0.1, 0.15) is 4.70 Å². The van der Waals surface area contributed by atoms with Crippen LogP contribution in [0.2, 0.25) is 0 Å². The van der Waals surface area contributed by atoms with Gasteiger partial charge in [-0.25, -0.2) is 4.98 Å². The number of hydrogen-bond acceptors (Lipinski definition) is 5. The van der Waals surface area contributed by atoms with Crippen molar-refractivity contribution < 1.29 is 4.79 Å². The smallest absolute Gasteiger partial charge is 0.270 e. The Labute approximate surface area is 180 Å². The van der Waals surface area contributed by atoms with Crippen molar-refractivity contribution in [3.8, 4) is 11.1 Å². The van der Waals surface area contributed by atoms with Gasteiger partial charge in [-0.1, -0.05) is 43.7 Å². The number of carbonyl (C=O) groups is 1. The first-order chi connectivity index (χ1) is 14.4. The lowest BCUT2D eigenvalue weighted by Crippen LogP contribution is -2.44. The van der Waals surface area contributed by atoms with E-state index in [1.807, 2.05) is 10.3 Å². The summed E-state index contributed by atoms with van der Waals surface area (Å²) in [5, 5.41) is 5.04. The number of nitrogens with one attached hydrogen (secondary N) is 2. The van der Waals surface area contributed by atoms with Crippen molar-refractivity contribution in [1.82, 2.24) is 15.3 Å². The maximum atomic E-state index is 12.7. The number of aromatic nitrogens is 2. The second kappa shape index (κ2) is 8.60. The first kappa shape index (κ1) is 20.6. The van der Waals surface area contributed by atoms with E-state index in [2.05, 4.69) is 55.3 Å². The highest BCUT2D eigenvalue weighted by Gasteiger charge is 2.27. The molecule has 1 atom stereocenters. The van der Waals surface area contributed by atoms with E-state index in [-0.39, 0.29) is 17.4 Å². The summed E-state index contributed by atoms with van der Waals surface area (Å²) in [7, 11) is 0. The number of hydrogen-bond donors (Lipinski definition) is 2. The minimum absolute atomic E-state index is 0.0856. The minimum Gasteiger partial charge on any atom is -0.356 e. The molecular weight excluding hydrogens is 396 g/mol. The van der Waals surface area contributed by atoms with Crippen LogP contribution in [0.5, 0.6) is 0 Å². The van der Waals surface area contributed by atoms with Crippen molar-refractivity contribution in [3.63, 3.8) is 0 Å². The van der Waals surface area contributed by atoms with E-state index in [9.17, 15) is 9.59 Å². The second-order valence-corrected chi connectivity index (χ2v) is 9.39. The maximum Gasteiger partial charge on any atom is 0.270 e. The number of aryl methyl sites for hydroxylation is 1. The van der Waals surface area contributed by atoms with Crippen LogP contribution in [0.4, 0.5) is 5.95 Å². The number of rotatable bonds is 5. The van der Waals surface area contributed by atoms with Crippen molar-refractivity contribution in [2.24, 2.45) is 11.8 Å². The molecule has 1 fully saturated rings. The molecule has 158 valence electrons.